The second-order valence-electron chi connectivity index (χ2n) is 7.06. The minimum absolute atomic E-state index is 0.100. The molecule has 5 nitrogen and oxygen atoms in total. The average Bonchev–Trinajstić information content (AvgIpc) is 2.60. The number of fused-ring (bicyclic) bond motifs is 1. The monoisotopic (exact) mass is 348 g/mol. The summed E-state index contributed by atoms with van der Waals surface area (Å²) >= 11 is 0. The Hall–Kier alpha value is -3.21. The summed E-state index contributed by atoms with van der Waals surface area (Å²) in [4.78, 5) is 27.2. The van der Waals surface area contributed by atoms with Crippen LogP contribution < -0.4 is 10.9 Å². The van der Waals surface area contributed by atoms with Gasteiger partial charge in [-0.2, -0.15) is 0 Å². The third-order valence-corrected chi connectivity index (χ3v) is 3.95. The van der Waals surface area contributed by atoms with E-state index in [2.05, 4.69) is 43.2 Å². The third kappa shape index (κ3) is 4.25. The van der Waals surface area contributed by atoms with E-state index in [4.69, 9.17) is 4.42 Å². The summed E-state index contributed by atoms with van der Waals surface area (Å²) in [6, 6.07) is 13.0. The molecule has 3 aromatic rings. The highest BCUT2D eigenvalue weighted by Crippen LogP contribution is 2.22. The topological polar surface area (TPSA) is 72.2 Å². The van der Waals surface area contributed by atoms with Gasteiger partial charge in [0.1, 0.15) is 11.7 Å². The Morgan fingerprint density at radius 1 is 1.12 bits per heavy atom. The molecular weight excluding hydrogens is 328 g/mol. The molecule has 0 unspecified atom stereocenters. The van der Waals surface area contributed by atoms with Crippen LogP contribution in [0.3, 0.4) is 0 Å². The van der Waals surface area contributed by atoms with Gasteiger partial charge in [0.2, 0.25) is 5.91 Å². The number of nitrogens with zero attached hydrogens (tertiary/aromatic N) is 1. The first-order chi connectivity index (χ1) is 12.3. The van der Waals surface area contributed by atoms with E-state index >= 15 is 0 Å². The minimum Gasteiger partial charge on any atom is -0.420 e. The normalized spacial score (nSPS) is 11.8. The molecule has 5 heteroatoms. The molecule has 1 aromatic heterocycles. The van der Waals surface area contributed by atoms with Crippen molar-refractivity contribution in [3.8, 4) is 0 Å². The fourth-order valence-corrected chi connectivity index (χ4v) is 2.49. The molecule has 0 radical (unpaired) electrons. The van der Waals surface area contributed by atoms with Crippen LogP contribution in [-0.2, 0) is 10.2 Å². The van der Waals surface area contributed by atoms with Gasteiger partial charge >= 0.3 is 5.63 Å². The van der Waals surface area contributed by atoms with Gasteiger partial charge in [0, 0.05) is 11.8 Å². The SMILES string of the molecule is CC(C)(C)c1ccc(/C=C/C(=O)Nc2ccc3oc(=O)cnc3c2)cc1. The predicted octanol–water partition coefficient (Wildman–Crippen LogP) is 4.14. The lowest BCUT2D eigenvalue weighted by Crippen LogP contribution is -2.10. The highest BCUT2D eigenvalue weighted by molar-refractivity contribution is 6.02. The summed E-state index contributed by atoms with van der Waals surface area (Å²) in [6.45, 7) is 6.48. The Labute approximate surface area is 151 Å². The van der Waals surface area contributed by atoms with Gasteiger partial charge in [-0.15, -0.1) is 0 Å². The molecule has 0 aliphatic heterocycles. The molecule has 0 atom stereocenters. The maximum atomic E-state index is 12.1. The highest BCUT2D eigenvalue weighted by Gasteiger charge is 2.12. The second-order valence-corrected chi connectivity index (χ2v) is 7.06. The van der Waals surface area contributed by atoms with Crippen molar-refractivity contribution in [2.75, 3.05) is 5.32 Å². The van der Waals surface area contributed by atoms with Crippen LogP contribution in [0.25, 0.3) is 17.2 Å². The molecule has 3 rings (SSSR count). The zero-order valence-electron chi connectivity index (χ0n) is 14.9. The summed E-state index contributed by atoms with van der Waals surface area (Å²) in [6.07, 6.45) is 4.35. The Bertz CT molecular complexity index is 1030. The maximum Gasteiger partial charge on any atom is 0.354 e. The molecule has 0 aliphatic carbocycles. The van der Waals surface area contributed by atoms with Gasteiger partial charge in [-0.3, -0.25) is 4.79 Å². The summed E-state index contributed by atoms with van der Waals surface area (Å²) < 4.78 is 5.02. The van der Waals surface area contributed by atoms with Crippen molar-refractivity contribution in [1.29, 1.82) is 0 Å². The van der Waals surface area contributed by atoms with Gasteiger partial charge in [-0.25, -0.2) is 9.78 Å². The molecule has 0 spiro atoms. The lowest BCUT2D eigenvalue weighted by atomic mass is 9.87. The molecule has 26 heavy (non-hydrogen) atoms. The number of hydrogen-bond donors (Lipinski definition) is 1. The number of amides is 1. The molecule has 1 amide bonds. The average molecular weight is 348 g/mol. The van der Waals surface area contributed by atoms with Gasteiger partial charge in [-0.05, 0) is 40.8 Å². The fourth-order valence-electron chi connectivity index (χ4n) is 2.49. The van der Waals surface area contributed by atoms with Crippen LogP contribution in [0.2, 0.25) is 0 Å². The molecule has 132 valence electrons. The molecule has 2 aromatic carbocycles. The van der Waals surface area contributed by atoms with Gasteiger partial charge in [-0.1, -0.05) is 45.0 Å². The molecule has 0 fully saturated rings. The van der Waals surface area contributed by atoms with E-state index in [0.29, 0.717) is 16.8 Å². The van der Waals surface area contributed by atoms with Crippen molar-refractivity contribution in [1.82, 2.24) is 4.98 Å². The molecule has 0 saturated heterocycles. The zero-order valence-corrected chi connectivity index (χ0v) is 14.9. The van der Waals surface area contributed by atoms with Crippen LogP contribution in [0.1, 0.15) is 31.9 Å². The number of anilines is 1. The second kappa shape index (κ2) is 6.96. The minimum atomic E-state index is -0.505. The van der Waals surface area contributed by atoms with E-state index in [1.165, 1.54) is 11.6 Å². The van der Waals surface area contributed by atoms with Crippen molar-refractivity contribution in [3.63, 3.8) is 0 Å². The quantitative estimate of drug-likeness (QED) is 0.722. The first-order valence-corrected chi connectivity index (χ1v) is 8.31. The fraction of sp³-hybridized carbons (Fsp3) is 0.190. The van der Waals surface area contributed by atoms with Crippen molar-refractivity contribution in [3.05, 3.63) is 76.3 Å². The molecule has 0 aliphatic rings. The maximum absolute atomic E-state index is 12.1. The standard InChI is InChI=1S/C21H20N2O3/c1-21(2,3)15-7-4-14(5-8-15)6-11-19(24)23-16-9-10-18-17(12-16)22-13-20(25)26-18/h4-13H,1-3H3,(H,23,24)/b11-6+. The zero-order chi connectivity index (χ0) is 18.7. The number of benzene rings is 2. The predicted molar refractivity (Wildman–Crippen MR) is 103 cm³/mol. The van der Waals surface area contributed by atoms with Gasteiger partial charge < -0.3 is 9.73 Å². The van der Waals surface area contributed by atoms with Crippen molar-refractivity contribution < 1.29 is 9.21 Å². The number of nitrogens with one attached hydrogen (secondary N) is 1. The smallest absolute Gasteiger partial charge is 0.354 e. The van der Waals surface area contributed by atoms with Crippen molar-refractivity contribution in [2.24, 2.45) is 0 Å². The van der Waals surface area contributed by atoms with E-state index in [0.717, 1.165) is 11.8 Å². The third-order valence-electron chi connectivity index (χ3n) is 3.95. The number of hydrogen-bond acceptors (Lipinski definition) is 4. The summed E-state index contributed by atoms with van der Waals surface area (Å²) in [5.74, 6) is -0.248. The lowest BCUT2D eigenvalue weighted by Gasteiger charge is -2.18. The molecule has 0 bridgehead atoms. The number of rotatable bonds is 3. The number of aromatic nitrogens is 1. The summed E-state index contributed by atoms with van der Waals surface area (Å²) in [5.41, 5.74) is 3.26. The van der Waals surface area contributed by atoms with Gasteiger partial charge in [0.05, 0.1) is 0 Å². The Morgan fingerprint density at radius 3 is 2.54 bits per heavy atom. The van der Waals surface area contributed by atoms with Crippen molar-refractivity contribution >= 4 is 28.8 Å². The Morgan fingerprint density at radius 2 is 1.85 bits per heavy atom. The first-order valence-electron chi connectivity index (χ1n) is 8.31. The molecule has 1 N–H and O–H groups in total. The van der Waals surface area contributed by atoms with Crippen LogP contribution in [0, 0.1) is 0 Å². The highest BCUT2D eigenvalue weighted by atomic mass is 16.4. The number of carbonyl (C=O) groups is 1. The van der Waals surface area contributed by atoms with Gasteiger partial charge in [0.15, 0.2) is 5.58 Å². The Kier molecular flexibility index (Phi) is 4.71. The number of carbonyl (C=O) groups excluding carboxylic acids is 1. The summed E-state index contributed by atoms with van der Waals surface area (Å²) in [7, 11) is 0. The summed E-state index contributed by atoms with van der Waals surface area (Å²) in [5, 5.41) is 2.77. The largest absolute Gasteiger partial charge is 0.420 e. The first kappa shape index (κ1) is 17.6. The van der Waals surface area contributed by atoms with E-state index in [1.54, 1.807) is 24.3 Å². The van der Waals surface area contributed by atoms with Crippen LogP contribution in [0.5, 0.6) is 0 Å². The molecular formula is C21H20N2O3. The van der Waals surface area contributed by atoms with E-state index in [1.807, 2.05) is 12.1 Å². The van der Waals surface area contributed by atoms with Crippen LogP contribution in [0.15, 0.2) is 63.9 Å². The van der Waals surface area contributed by atoms with Crippen LogP contribution >= 0.6 is 0 Å². The van der Waals surface area contributed by atoms with Crippen molar-refractivity contribution in [2.45, 2.75) is 26.2 Å². The van der Waals surface area contributed by atoms with E-state index in [9.17, 15) is 9.59 Å². The lowest BCUT2D eigenvalue weighted by molar-refractivity contribution is -0.111. The molecule has 1 heterocycles. The van der Waals surface area contributed by atoms with Crippen LogP contribution in [-0.4, -0.2) is 10.9 Å². The van der Waals surface area contributed by atoms with Gasteiger partial charge in [0.25, 0.3) is 0 Å². The van der Waals surface area contributed by atoms with E-state index in [-0.39, 0.29) is 11.3 Å². The Balaban J connectivity index is 1.69. The van der Waals surface area contributed by atoms with Crippen LogP contribution in [0.4, 0.5) is 5.69 Å². The van der Waals surface area contributed by atoms with E-state index < -0.39 is 5.63 Å². The molecule has 0 saturated carbocycles.